The lowest BCUT2D eigenvalue weighted by molar-refractivity contribution is 0.182. The van der Waals surface area contributed by atoms with E-state index in [4.69, 9.17) is 16.3 Å². The van der Waals surface area contributed by atoms with Crippen LogP contribution in [0.25, 0.3) is 0 Å². The van der Waals surface area contributed by atoms with Gasteiger partial charge in [0.25, 0.3) is 5.56 Å². The molecule has 0 radical (unpaired) electrons. The van der Waals surface area contributed by atoms with Gasteiger partial charge in [-0.25, -0.2) is 4.68 Å². The van der Waals surface area contributed by atoms with E-state index in [0.717, 1.165) is 39.3 Å². The van der Waals surface area contributed by atoms with E-state index in [1.807, 2.05) is 0 Å². The van der Waals surface area contributed by atoms with Crippen LogP contribution in [-0.2, 0) is 11.3 Å². The lowest BCUT2D eigenvalue weighted by atomic mass is 10.3. The minimum Gasteiger partial charge on any atom is -0.383 e. The zero-order valence-corrected chi connectivity index (χ0v) is 13.0. The van der Waals surface area contributed by atoms with Gasteiger partial charge in [-0.2, -0.15) is 5.10 Å². The Hall–Kier alpha value is -1.15. The molecule has 2 rings (SSSR count). The molecular weight excluding hydrogens is 294 g/mol. The molecule has 2 heterocycles. The number of methoxy groups -OCH3 is 1. The lowest BCUT2D eigenvalue weighted by Gasteiger charge is -2.27. The van der Waals surface area contributed by atoms with Crippen LogP contribution in [0.2, 0.25) is 5.02 Å². The Morgan fingerprint density at radius 2 is 2.19 bits per heavy atom. The van der Waals surface area contributed by atoms with E-state index in [2.05, 4.69) is 20.6 Å². The highest BCUT2D eigenvalue weighted by Gasteiger charge is 2.11. The molecule has 1 aliphatic heterocycles. The molecule has 0 amide bonds. The van der Waals surface area contributed by atoms with Crippen LogP contribution in [-0.4, -0.2) is 67.7 Å². The predicted octanol–water partition coefficient (Wildman–Crippen LogP) is -0.140. The fourth-order valence-electron chi connectivity index (χ4n) is 2.21. The molecule has 2 N–H and O–H groups in total. The average Bonchev–Trinajstić information content (AvgIpc) is 2.52. The number of hydrogen-bond donors (Lipinski definition) is 2. The van der Waals surface area contributed by atoms with Crippen LogP contribution in [0.15, 0.2) is 11.0 Å². The molecule has 1 aliphatic rings. The number of rotatable bonds is 7. The van der Waals surface area contributed by atoms with Crippen molar-refractivity contribution in [3.8, 4) is 0 Å². The fraction of sp³-hybridized carbons (Fsp3) is 0.692. The average molecular weight is 316 g/mol. The van der Waals surface area contributed by atoms with Gasteiger partial charge in [-0.1, -0.05) is 11.6 Å². The van der Waals surface area contributed by atoms with Gasteiger partial charge < -0.3 is 15.4 Å². The number of piperazine rings is 1. The smallest absolute Gasteiger partial charge is 0.287 e. The van der Waals surface area contributed by atoms with Gasteiger partial charge in [0.2, 0.25) is 0 Å². The topological polar surface area (TPSA) is 71.4 Å². The van der Waals surface area contributed by atoms with Gasteiger partial charge in [0.15, 0.2) is 0 Å². The summed E-state index contributed by atoms with van der Waals surface area (Å²) in [5, 5.41) is 10.8. The molecule has 0 unspecified atom stereocenters. The lowest BCUT2D eigenvalue weighted by Crippen LogP contribution is -2.45. The Kier molecular flexibility index (Phi) is 6.44. The predicted molar refractivity (Wildman–Crippen MR) is 83.2 cm³/mol. The van der Waals surface area contributed by atoms with Crippen LogP contribution in [0, 0.1) is 0 Å². The van der Waals surface area contributed by atoms with Gasteiger partial charge in [-0.15, -0.1) is 0 Å². The van der Waals surface area contributed by atoms with Crippen molar-refractivity contribution in [3.63, 3.8) is 0 Å². The Morgan fingerprint density at radius 3 is 2.90 bits per heavy atom. The Balaban J connectivity index is 1.88. The van der Waals surface area contributed by atoms with Crippen LogP contribution in [0.4, 0.5) is 5.69 Å². The van der Waals surface area contributed by atoms with Crippen molar-refractivity contribution in [2.75, 3.05) is 58.3 Å². The van der Waals surface area contributed by atoms with E-state index in [9.17, 15) is 4.79 Å². The standard InChI is InChI=1S/C13H22ClN5O2/c1-21-9-8-19-13(20)12(14)11(10-17-19)16-4-7-18-5-2-15-3-6-18/h10,15-16H,2-9H2,1H3. The molecule has 0 atom stereocenters. The van der Waals surface area contributed by atoms with Crippen LogP contribution >= 0.6 is 11.6 Å². The van der Waals surface area contributed by atoms with E-state index >= 15 is 0 Å². The van der Waals surface area contributed by atoms with E-state index in [1.54, 1.807) is 13.3 Å². The summed E-state index contributed by atoms with van der Waals surface area (Å²) in [6.45, 7) is 6.64. The molecule has 1 fully saturated rings. The summed E-state index contributed by atoms with van der Waals surface area (Å²) in [5.41, 5.74) is 0.298. The molecular formula is C13H22ClN5O2. The van der Waals surface area contributed by atoms with Crippen LogP contribution in [0.5, 0.6) is 0 Å². The maximum atomic E-state index is 12.0. The van der Waals surface area contributed by atoms with Crippen molar-refractivity contribution in [1.82, 2.24) is 20.0 Å². The third-order valence-corrected chi connectivity index (χ3v) is 3.81. The molecule has 0 aliphatic carbocycles. The number of halogens is 1. The van der Waals surface area contributed by atoms with Crippen LogP contribution < -0.4 is 16.2 Å². The SMILES string of the molecule is COCCn1ncc(NCCN2CCNCC2)c(Cl)c1=O. The first-order valence-electron chi connectivity index (χ1n) is 7.14. The van der Waals surface area contributed by atoms with Crippen molar-refractivity contribution in [2.45, 2.75) is 6.54 Å². The molecule has 118 valence electrons. The monoisotopic (exact) mass is 315 g/mol. The summed E-state index contributed by atoms with van der Waals surface area (Å²) in [7, 11) is 1.58. The maximum Gasteiger partial charge on any atom is 0.287 e. The molecule has 0 spiro atoms. The van der Waals surface area contributed by atoms with Gasteiger partial charge in [-0.3, -0.25) is 9.69 Å². The Morgan fingerprint density at radius 1 is 1.43 bits per heavy atom. The Bertz CT molecular complexity index is 502. The van der Waals surface area contributed by atoms with Crippen molar-refractivity contribution in [1.29, 1.82) is 0 Å². The first-order chi connectivity index (χ1) is 10.2. The van der Waals surface area contributed by atoms with Crippen molar-refractivity contribution in [3.05, 3.63) is 21.6 Å². The second kappa shape index (κ2) is 8.33. The third-order valence-electron chi connectivity index (χ3n) is 3.45. The summed E-state index contributed by atoms with van der Waals surface area (Å²) in [6, 6.07) is 0. The second-order valence-corrected chi connectivity index (χ2v) is 5.29. The first-order valence-corrected chi connectivity index (χ1v) is 7.51. The number of nitrogens with one attached hydrogen (secondary N) is 2. The normalized spacial score (nSPS) is 16.1. The number of hydrogen-bond acceptors (Lipinski definition) is 6. The van der Waals surface area contributed by atoms with Crippen LogP contribution in [0.1, 0.15) is 0 Å². The van der Waals surface area contributed by atoms with Crippen molar-refractivity contribution < 1.29 is 4.74 Å². The molecule has 1 aromatic rings. The molecule has 1 aromatic heterocycles. The third kappa shape index (κ3) is 4.67. The molecule has 7 nitrogen and oxygen atoms in total. The summed E-state index contributed by atoms with van der Waals surface area (Å²) in [4.78, 5) is 14.4. The summed E-state index contributed by atoms with van der Waals surface area (Å²) < 4.78 is 6.25. The van der Waals surface area contributed by atoms with Crippen molar-refractivity contribution >= 4 is 17.3 Å². The quantitative estimate of drug-likeness (QED) is 0.730. The van der Waals surface area contributed by atoms with E-state index in [0.29, 0.717) is 18.8 Å². The molecule has 0 bridgehead atoms. The van der Waals surface area contributed by atoms with Crippen molar-refractivity contribution in [2.24, 2.45) is 0 Å². The number of anilines is 1. The molecule has 8 heteroatoms. The fourth-order valence-corrected chi connectivity index (χ4v) is 2.42. The molecule has 0 aromatic carbocycles. The van der Waals surface area contributed by atoms with E-state index in [-0.39, 0.29) is 10.6 Å². The number of aromatic nitrogens is 2. The highest BCUT2D eigenvalue weighted by atomic mass is 35.5. The molecule has 21 heavy (non-hydrogen) atoms. The summed E-state index contributed by atoms with van der Waals surface area (Å²) >= 11 is 6.10. The highest BCUT2D eigenvalue weighted by molar-refractivity contribution is 6.32. The zero-order chi connectivity index (χ0) is 15.1. The van der Waals surface area contributed by atoms with Gasteiger partial charge in [0, 0.05) is 46.4 Å². The maximum absolute atomic E-state index is 12.0. The zero-order valence-electron chi connectivity index (χ0n) is 12.3. The second-order valence-electron chi connectivity index (χ2n) is 4.91. The van der Waals surface area contributed by atoms with Crippen LogP contribution in [0.3, 0.4) is 0 Å². The first kappa shape index (κ1) is 16.2. The largest absolute Gasteiger partial charge is 0.383 e. The molecule has 1 saturated heterocycles. The van der Waals surface area contributed by atoms with Gasteiger partial charge in [0.05, 0.1) is 25.0 Å². The van der Waals surface area contributed by atoms with Gasteiger partial charge in [0.1, 0.15) is 5.02 Å². The number of ether oxygens (including phenoxy) is 1. The Labute approximate surface area is 129 Å². The highest BCUT2D eigenvalue weighted by Crippen LogP contribution is 2.14. The van der Waals surface area contributed by atoms with Gasteiger partial charge in [-0.05, 0) is 0 Å². The summed E-state index contributed by atoms with van der Waals surface area (Å²) in [6.07, 6.45) is 1.59. The van der Waals surface area contributed by atoms with Gasteiger partial charge >= 0.3 is 0 Å². The van der Waals surface area contributed by atoms with E-state index < -0.39 is 0 Å². The van der Waals surface area contributed by atoms with E-state index in [1.165, 1.54) is 4.68 Å². The number of nitrogens with zero attached hydrogens (tertiary/aromatic N) is 3. The minimum absolute atomic E-state index is 0.182. The molecule has 0 saturated carbocycles. The minimum atomic E-state index is -0.291. The summed E-state index contributed by atoms with van der Waals surface area (Å²) in [5.74, 6) is 0.